The van der Waals surface area contributed by atoms with Crippen LogP contribution in [0.25, 0.3) is 0 Å². The Bertz CT molecular complexity index is 360. The summed E-state index contributed by atoms with van der Waals surface area (Å²) in [6.45, 7) is 6.38. The third kappa shape index (κ3) is 4.04. The summed E-state index contributed by atoms with van der Waals surface area (Å²) in [7, 11) is 0. The predicted molar refractivity (Wildman–Crippen MR) is 82.1 cm³/mol. The van der Waals surface area contributed by atoms with E-state index in [0.717, 1.165) is 25.0 Å². The number of rotatable bonds is 5. The summed E-state index contributed by atoms with van der Waals surface area (Å²) in [5.74, 6) is -0.0697. The molecular formula is C14H26N2O3S. The van der Waals surface area contributed by atoms with Gasteiger partial charge in [0, 0.05) is 18.3 Å². The average Bonchev–Trinajstić information content (AvgIpc) is 2.35. The van der Waals surface area contributed by atoms with Crippen molar-refractivity contribution in [3.05, 3.63) is 0 Å². The van der Waals surface area contributed by atoms with Gasteiger partial charge in [0.2, 0.25) is 0 Å². The second kappa shape index (κ2) is 7.20. The number of carbonyl (C=O) groups is 2. The highest BCUT2D eigenvalue weighted by atomic mass is 32.2. The van der Waals surface area contributed by atoms with Gasteiger partial charge in [-0.1, -0.05) is 20.8 Å². The highest BCUT2D eigenvalue weighted by Crippen LogP contribution is 2.35. The smallest absolute Gasteiger partial charge is 0.327 e. The van der Waals surface area contributed by atoms with E-state index in [4.69, 9.17) is 0 Å². The van der Waals surface area contributed by atoms with Crippen LogP contribution in [-0.4, -0.2) is 52.6 Å². The summed E-state index contributed by atoms with van der Waals surface area (Å²) in [6, 6.07) is -0.897. The molecule has 1 saturated heterocycles. The van der Waals surface area contributed by atoms with Crippen LogP contribution in [0.5, 0.6) is 0 Å². The number of urea groups is 1. The second-order valence-electron chi connectivity index (χ2n) is 6.04. The molecular weight excluding hydrogens is 276 g/mol. The first-order chi connectivity index (χ1) is 9.33. The van der Waals surface area contributed by atoms with Gasteiger partial charge in [-0.25, -0.2) is 9.59 Å². The average molecular weight is 302 g/mol. The molecule has 0 bridgehead atoms. The minimum atomic E-state index is -0.914. The van der Waals surface area contributed by atoms with Gasteiger partial charge in [-0.05, 0) is 30.9 Å². The Morgan fingerprint density at radius 2 is 2.15 bits per heavy atom. The number of likely N-dealkylation sites (tertiary alicyclic amines) is 1. The Morgan fingerprint density at radius 3 is 2.65 bits per heavy atom. The van der Waals surface area contributed by atoms with E-state index in [9.17, 15) is 14.7 Å². The molecule has 0 aromatic heterocycles. The van der Waals surface area contributed by atoms with E-state index >= 15 is 0 Å². The molecule has 1 aliphatic heterocycles. The minimum Gasteiger partial charge on any atom is -0.480 e. The predicted octanol–water partition coefficient (Wildman–Crippen LogP) is 2.41. The topological polar surface area (TPSA) is 69.6 Å². The molecule has 6 heteroatoms. The molecule has 2 atom stereocenters. The molecule has 1 rings (SSSR count). The van der Waals surface area contributed by atoms with E-state index in [2.05, 4.69) is 5.32 Å². The quantitative estimate of drug-likeness (QED) is 0.818. The number of carboxylic acids is 1. The first kappa shape index (κ1) is 17.1. The van der Waals surface area contributed by atoms with Gasteiger partial charge in [-0.2, -0.15) is 11.8 Å². The molecule has 0 spiro atoms. The molecule has 0 radical (unpaired) electrons. The summed E-state index contributed by atoms with van der Waals surface area (Å²) in [6.07, 6.45) is 4.53. The van der Waals surface area contributed by atoms with Crippen LogP contribution in [0.4, 0.5) is 4.79 Å². The maximum Gasteiger partial charge on any atom is 0.327 e. The van der Waals surface area contributed by atoms with Gasteiger partial charge >= 0.3 is 12.0 Å². The number of aliphatic carboxylic acids is 1. The van der Waals surface area contributed by atoms with Crippen LogP contribution in [-0.2, 0) is 4.79 Å². The fourth-order valence-corrected chi connectivity index (χ4v) is 3.52. The minimum absolute atomic E-state index is 0.0944. The standard InChI is InChI=1S/C14H26N2O3S/c1-5-10(9-20-4)15-13(19)16-8-6-7-14(2,3)11(16)12(17)18/h10-11H,5-9H2,1-4H3,(H,15,19)(H,17,18). The van der Waals surface area contributed by atoms with Gasteiger partial charge in [0.1, 0.15) is 6.04 Å². The number of hydrogen-bond acceptors (Lipinski definition) is 3. The Balaban J connectivity index is 2.81. The number of hydrogen-bond donors (Lipinski definition) is 2. The van der Waals surface area contributed by atoms with Gasteiger partial charge in [-0.3, -0.25) is 0 Å². The zero-order valence-corrected chi connectivity index (χ0v) is 13.6. The number of piperidine rings is 1. The van der Waals surface area contributed by atoms with Gasteiger partial charge in [-0.15, -0.1) is 0 Å². The van der Waals surface area contributed by atoms with E-state index in [1.54, 1.807) is 11.8 Å². The summed E-state index contributed by atoms with van der Waals surface area (Å²) in [5, 5.41) is 12.4. The SMILES string of the molecule is CCC(CSC)NC(=O)N1CCCC(C)(C)C1C(=O)O. The largest absolute Gasteiger partial charge is 0.480 e. The van der Waals surface area contributed by atoms with Crippen molar-refractivity contribution < 1.29 is 14.7 Å². The molecule has 1 fully saturated rings. The highest BCUT2D eigenvalue weighted by Gasteiger charge is 2.44. The van der Waals surface area contributed by atoms with Gasteiger partial charge in [0.15, 0.2) is 0 Å². The first-order valence-corrected chi connectivity index (χ1v) is 8.51. The second-order valence-corrected chi connectivity index (χ2v) is 6.95. The van der Waals surface area contributed by atoms with Crippen LogP contribution >= 0.6 is 11.8 Å². The molecule has 1 heterocycles. The van der Waals surface area contributed by atoms with Crippen molar-refractivity contribution in [2.75, 3.05) is 18.6 Å². The van der Waals surface area contributed by atoms with Crippen molar-refractivity contribution in [3.8, 4) is 0 Å². The molecule has 20 heavy (non-hydrogen) atoms. The summed E-state index contributed by atoms with van der Waals surface area (Å²) >= 11 is 1.68. The van der Waals surface area contributed by atoms with Crippen molar-refractivity contribution in [1.82, 2.24) is 10.2 Å². The van der Waals surface area contributed by atoms with E-state index < -0.39 is 12.0 Å². The summed E-state index contributed by atoms with van der Waals surface area (Å²) in [5.41, 5.74) is -0.386. The number of thioether (sulfide) groups is 1. The van der Waals surface area contributed by atoms with E-state index in [1.807, 2.05) is 27.0 Å². The Labute approximate surface area is 125 Å². The molecule has 0 aliphatic carbocycles. The van der Waals surface area contributed by atoms with Gasteiger partial charge < -0.3 is 15.3 Å². The number of carboxylic acid groups (broad SMARTS) is 1. The number of carbonyl (C=O) groups excluding carboxylic acids is 1. The van der Waals surface area contributed by atoms with Crippen molar-refractivity contribution in [1.29, 1.82) is 0 Å². The molecule has 2 amide bonds. The first-order valence-electron chi connectivity index (χ1n) is 7.12. The molecule has 2 unspecified atom stereocenters. The van der Waals surface area contributed by atoms with Crippen LogP contribution in [0, 0.1) is 5.41 Å². The lowest BCUT2D eigenvalue weighted by Crippen LogP contribution is -2.59. The van der Waals surface area contributed by atoms with Crippen molar-refractivity contribution in [2.45, 2.75) is 52.1 Å². The van der Waals surface area contributed by atoms with Gasteiger partial charge in [0.25, 0.3) is 0 Å². The number of nitrogens with zero attached hydrogens (tertiary/aromatic N) is 1. The van der Waals surface area contributed by atoms with E-state index in [1.165, 1.54) is 4.90 Å². The van der Waals surface area contributed by atoms with Crippen molar-refractivity contribution >= 4 is 23.8 Å². The van der Waals surface area contributed by atoms with Crippen LogP contribution < -0.4 is 5.32 Å². The molecule has 0 aromatic carbocycles. The van der Waals surface area contributed by atoms with E-state index in [0.29, 0.717) is 6.54 Å². The van der Waals surface area contributed by atoms with Crippen LogP contribution in [0.1, 0.15) is 40.0 Å². The summed E-state index contributed by atoms with van der Waals surface area (Å²) in [4.78, 5) is 25.4. The monoisotopic (exact) mass is 302 g/mol. The molecule has 2 N–H and O–H groups in total. The lowest BCUT2D eigenvalue weighted by Gasteiger charge is -2.44. The number of amides is 2. The van der Waals surface area contributed by atoms with Crippen molar-refractivity contribution in [3.63, 3.8) is 0 Å². The number of nitrogens with one attached hydrogen (secondary N) is 1. The van der Waals surface area contributed by atoms with Crippen LogP contribution in [0.15, 0.2) is 0 Å². The normalized spacial score (nSPS) is 23.2. The molecule has 116 valence electrons. The van der Waals surface area contributed by atoms with Crippen LogP contribution in [0.3, 0.4) is 0 Å². The zero-order valence-electron chi connectivity index (χ0n) is 12.8. The fourth-order valence-electron chi connectivity index (χ4n) is 2.80. The lowest BCUT2D eigenvalue weighted by molar-refractivity contribution is -0.148. The maximum atomic E-state index is 12.4. The Hall–Kier alpha value is -0.910. The Kier molecular flexibility index (Phi) is 6.17. The fraction of sp³-hybridized carbons (Fsp3) is 0.857. The van der Waals surface area contributed by atoms with E-state index in [-0.39, 0.29) is 17.5 Å². The molecule has 5 nitrogen and oxygen atoms in total. The maximum absolute atomic E-state index is 12.4. The third-order valence-corrected chi connectivity index (χ3v) is 4.69. The molecule has 1 aliphatic rings. The van der Waals surface area contributed by atoms with Crippen molar-refractivity contribution in [2.24, 2.45) is 5.41 Å². The zero-order chi connectivity index (χ0) is 15.3. The van der Waals surface area contributed by atoms with Crippen LogP contribution in [0.2, 0.25) is 0 Å². The molecule has 0 saturated carbocycles. The molecule has 0 aromatic rings. The third-order valence-electron chi connectivity index (χ3n) is 3.96. The lowest BCUT2D eigenvalue weighted by atomic mass is 9.76. The summed E-state index contributed by atoms with van der Waals surface area (Å²) < 4.78 is 0. The highest BCUT2D eigenvalue weighted by molar-refractivity contribution is 7.98. The Morgan fingerprint density at radius 1 is 1.50 bits per heavy atom. The van der Waals surface area contributed by atoms with Gasteiger partial charge in [0.05, 0.1) is 0 Å².